The zero-order valence-electron chi connectivity index (χ0n) is 23.2. The summed E-state index contributed by atoms with van der Waals surface area (Å²) in [5, 5.41) is 17.1. The lowest BCUT2D eigenvalue weighted by molar-refractivity contribution is -0.128. The second-order valence-corrected chi connectivity index (χ2v) is 10.2. The van der Waals surface area contributed by atoms with Crippen LogP contribution in [-0.4, -0.2) is 43.4 Å². The number of carbonyl (C=O) groups is 3. The quantitative estimate of drug-likeness (QED) is 0.376. The fraction of sp³-hybridized carbons (Fsp3) is 0.212. The average Bonchev–Trinajstić information content (AvgIpc) is 3.12. The molecule has 4 aromatic carbocycles. The summed E-state index contributed by atoms with van der Waals surface area (Å²) in [4.78, 5) is 44.5. The molecule has 0 aromatic heterocycles. The van der Waals surface area contributed by atoms with E-state index in [0.717, 1.165) is 21.9 Å². The number of fused-ring (bicyclic) bond motifs is 2. The first-order valence-corrected chi connectivity index (χ1v) is 13.5. The van der Waals surface area contributed by atoms with Crippen molar-refractivity contribution >= 4 is 39.9 Å². The van der Waals surface area contributed by atoms with Gasteiger partial charge >= 0.3 is 0 Å². The Bertz CT molecular complexity index is 1670. The third-order valence-electron chi connectivity index (χ3n) is 7.63. The van der Waals surface area contributed by atoms with Crippen LogP contribution >= 0.6 is 0 Å². The van der Waals surface area contributed by atoms with Gasteiger partial charge in [0.1, 0.15) is 6.04 Å². The lowest BCUT2D eigenvalue weighted by atomic mass is 9.99. The summed E-state index contributed by atoms with van der Waals surface area (Å²) in [5.74, 6) is -0.987. The van der Waals surface area contributed by atoms with Crippen molar-refractivity contribution in [2.75, 3.05) is 23.4 Å². The molecule has 2 N–H and O–H groups in total. The van der Waals surface area contributed by atoms with Crippen LogP contribution in [0, 0.1) is 18.3 Å². The van der Waals surface area contributed by atoms with Gasteiger partial charge in [-0.1, -0.05) is 48.5 Å². The van der Waals surface area contributed by atoms with Crippen molar-refractivity contribution in [3.8, 4) is 6.07 Å². The molecule has 1 heterocycles. The summed E-state index contributed by atoms with van der Waals surface area (Å²) in [6, 6.07) is 26.4. The van der Waals surface area contributed by atoms with Crippen molar-refractivity contribution in [2.24, 2.45) is 0 Å². The second kappa shape index (κ2) is 11.6. The van der Waals surface area contributed by atoms with Crippen molar-refractivity contribution in [2.45, 2.75) is 32.5 Å². The Kier molecular flexibility index (Phi) is 7.81. The Hall–Kier alpha value is -5.00. The van der Waals surface area contributed by atoms with Crippen LogP contribution < -0.4 is 20.4 Å². The van der Waals surface area contributed by atoms with E-state index in [9.17, 15) is 19.6 Å². The summed E-state index contributed by atoms with van der Waals surface area (Å²) < 4.78 is 0. The topological polar surface area (TPSA) is 106 Å². The van der Waals surface area contributed by atoms with Crippen LogP contribution in [0.1, 0.15) is 34.0 Å². The number of rotatable bonds is 6. The number of para-hydroxylation sites is 2. The summed E-state index contributed by atoms with van der Waals surface area (Å²) in [6.45, 7) is 3.94. The summed E-state index contributed by atoms with van der Waals surface area (Å²) >= 11 is 0. The Morgan fingerprint density at radius 3 is 2.37 bits per heavy atom. The van der Waals surface area contributed by atoms with Crippen LogP contribution in [0.25, 0.3) is 10.8 Å². The van der Waals surface area contributed by atoms with Gasteiger partial charge in [0.05, 0.1) is 42.1 Å². The highest BCUT2D eigenvalue weighted by Gasteiger charge is 2.38. The number of benzene rings is 4. The number of amides is 3. The number of carbonyl (C=O) groups excluding carboxylic acids is 3. The Morgan fingerprint density at radius 1 is 0.976 bits per heavy atom. The van der Waals surface area contributed by atoms with Crippen molar-refractivity contribution in [1.82, 2.24) is 10.6 Å². The van der Waals surface area contributed by atoms with Gasteiger partial charge in [0.2, 0.25) is 5.91 Å². The molecule has 5 rings (SSSR count). The molecule has 206 valence electrons. The average molecular weight is 546 g/mol. The number of hydrogen-bond acceptors (Lipinski definition) is 5. The highest BCUT2D eigenvalue weighted by molar-refractivity contribution is 6.13. The van der Waals surface area contributed by atoms with Gasteiger partial charge in [-0.05, 0) is 79.2 Å². The molecule has 0 unspecified atom stereocenters. The van der Waals surface area contributed by atoms with Gasteiger partial charge in [-0.3, -0.25) is 14.4 Å². The molecule has 0 aliphatic carbocycles. The molecule has 3 amide bonds. The first-order valence-electron chi connectivity index (χ1n) is 13.5. The lowest BCUT2D eigenvalue weighted by Gasteiger charge is -2.27. The van der Waals surface area contributed by atoms with Crippen LogP contribution in [0.4, 0.5) is 11.4 Å². The largest absolute Gasteiger partial charge is 0.341 e. The van der Waals surface area contributed by atoms with Gasteiger partial charge < -0.3 is 20.4 Å². The van der Waals surface area contributed by atoms with Crippen molar-refractivity contribution in [3.05, 3.63) is 107 Å². The minimum atomic E-state index is -0.997. The Labute approximate surface area is 239 Å². The molecule has 0 saturated carbocycles. The Morgan fingerprint density at radius 2 is 1.66 bits per heavy atom. The fourth-order valence-corrected chi connectivity index (χ4v) is 5.13. The van der Waals surface area contributed by atoms with Gasteiger partial charge in [-0.2, -0.15) is 5.26 Å². The van der Waals surface area contributed by atoms with Gasteiger partial charge in [-0.15, -0.1) is 0 Å². The molecular weight excluding hydrogens is 514 g/mol. The molecule has 8 nitrogen and oxygen atoms in total. The molecule has 0 saturated heterocycles. The molecule has 0 spiro atoms. The van der Waals surface area contributed by atoms with E-state index in [1.807, 2.05) is 61.5 Å². The van der Waals surface area contributed by atoms with Crippen molar-refractivity contribution in [3.63, 3.8) is 0 Å². The maximum atomic E-state index is 14.3. The van der Waals surface area contributed by atoms with Crippen molar-refractivity contribution < 1.29 is 14.4 Å². The van der Waals surface area contributed by atoms with Crippen molar-refractivity contribution in [1.29, 1.82) is 5.26 Å². The van der Waals surface area contributed by atoms with E-state index in [-0.39, 0.29) is 30.8 Å². The van der Waals surface area contributed by atoms with Gasteiger partial charge in [0, 0.05) is 5.56 Å². The van der Waals surface area contributed by atoms with Gasteiger partial charge in [0.25, 0.3) is 11.8 Å². The predicted molar refractivity (Wildman–Crippen MR) is 160 cm³/mol. The van der Waals surface area contributed by atoms with Crippen LogP contribution in [-0.2, 0) is 16.1 Å². The maximum absolute atomic E-state index is 14.3. The minimum Gasteiger partial charge on any atom is -0.341 e. The van der Waals surface area contributed by atoms with Crippen LogP contribution in [0.3, 0.4) is 0 Å². The second-order valence-electron chi connectivity index (χ2n) is 10.2. The minimum absolute atomic E-state index is 0.0537. The molecule has 0 radical (unpaired) electrons. The van der Waals surface area contributed by atoms with Crippen LogP contribution in [0.5, 0.6) is 0 Å². The van der Waals surface area contributed by atoms with E-state index < -0.39 is 12.1 Å². The van der Waals surface area contributed by atoms with E-state index in [1.54, 1.807) is 48.0 Å². The number of nitrogens with one attached hydrogen (secondary N) is 2. The summed E-state index contributed by atoms with van der Waals surface area (Å²) in [7, 11) is 1.67. The van der Waals surface area contributed by atoms with Crippen LogP contribution in [0.2, 0.25) is 0 Å². The van der Waals surface area contributed by atoms with Gasteiger partial charge in [-0.25, -0.2) is 0 Å². The number of aryl methyl sites for hydroxylation is 1. The normalized spacial score (nSPS) is 15.6. The number of nitrogens with zero attached hydrogens (tertiary/aromatic N) is 3. The molecule has 4 aromatic rings. The molecule has 0 bridgehead atoms. The zero-order chi connectivity index (χ0) is 29.1. The van der Waals surface area contributed by atoms with Crippen LogP contribution in [0.15, 0.2) is 84.9 Å². The molecule has 1 aliphatic heterocycles. The number of nitriles is 1. The zero-order valence-corrected chi connectivity index (χ0v) is 23.2. The maximum Gasteiger partial charge on any atom is 0.258 e. The number of likely N-dealkylation sites (N-methyl/N-ethyl adjacent to an activating group) is 1. The van der Waals surface area contributed by atoms with E-state index in [1.165, 1.54) is 0 Å². The van der Waals surface area contributed by atoms with Gasteiger partial charge in [0.15, 0.2) is 0 Å². The molecule has 41 heavy (non-hydrogen) atoms. The highest BCUT2D eigenvalue weighted by Crippen LogP contribution is 2.36. The van der Waals surface area contributed by atoms with E-state index in [0.29, 0.717) is 22.5 Å². The smallest absolute Gasteiger partial charge is 0.258 e. The molecule has 1 aliphatic rings. The SMILES string of the molecule is CN[C@@H](C)C(=O)N[C@H]1CN(C(=O)c2ccc(C#N)cc2)c2ccccc2N(Cc2c(C)ccc3ccccc23)C1=O. The number of hydrogen-bond donors (Lipinski definition) is 2. The molecule has 8 heteroatoms. The molecular formula is C33H31N5O3. The fourth-order valence-electron chi connectivity index (χ4n) is 5.13. The molecule has 2 atom stereocenters. The number of anilines is 2. The monoisotopic (exact) mass is 545 g/mol. The lowest BCUT2D eigenvalue weighted by Crippen LogP contribution is -2.55. The van der Waals surface area contributed by atoms with E-state index >= 15 is 0 Å². The third kappa shape index (κ3) is 5.40. The first kappa shape index (κ1) is 27.6. The highest BCUT2D eigenvalue weighted by atomic mass is 16.2. The van der Waals surface area contributed by atoms with E-state index in [2.05, 4.69) is 22.8 Å². The Balaban J connectivity index is 1.63. The molecule has 0 fully saturated rings. The standard InChI is InChI=1S/C33H31N5O3/c1-21-12-15-24-8-4-5-9-26(24)27(21)19-37-29-10-6-7-11-30(29)38(32(40)25-16-13-23(18-34)14-17-25)20-28(33(37)41)36-31(39)22(2)35-3/h4-17,22,28,35H,19-20H2,1-3H3,(H,36,39)/t22-,28-/m0/s1. The van der Waals surface area contributed by atoms with E-state index in [4.69, 9.17) is 0 Å². The predicted octanol–water partition coefficient (Wildman–Crippen LogP) is 4.31. The summed E-state index contributed by atoms with van der Waals surface area (Å²) in [6.07, 6.45) is 0. The first-order chi connectivity index (χ1) is 19.8. The third-order valence-corrected chi connectivity index (χ3v) is 7.63. The summed E-state index contributed by atoms with van der Waals surface area (Å²) in [5.41, 5.74) is 3.98.